The Hall–Kier alpha value is -1.13. The predicted octanol–water partition coefficient (Wildman–Crippen LogP) is 0.535. The van der Waals surface area contributed by atoms with Crippen LogP contribution in [0.2, 0.25) is 0 Å². The lowest BCUT2D eigenvalue weighted by Gasteiger charge is -2.20. The highest BCUT2D eigenvalue weighted by Crippen LogP contribution is 2.25. The molecule has 2 heterocycles. The van der Waals surface area contributed by atoms with E-state index in [1.54, 1.807) is 12.3 Å². The Labute approximate surface area is 89.2 Å². The third kappa shape index (κ3) is 2.27. The maximum Gasteiger partial charge on any atom is 0.128 e. The molecule has 4 heteroatoms. The molecule has 0 bridgehead atoms. The summed E-state index contributed by atoms with van der Waals surface area (Å²) in [6.07, 6.45) is 2.45. The number of anilines is 1. The van der Waals surface area contributed by atoms with Crippen molar-refractivity contribution in [1.82, 2.24) is 4.98 Å². The topological polar surface area (TPSA) is 56.6 Å². The number of rotatable bonds is 2. The summed E-state index contributed by atoms with van der Waals surface area (Å²) in [4.78, 5) is 6.28. The fraction of sp³-hybridized carbons (Fsp3) is 0.545. The van der Waals surface area contributed by atoms with Gasteiger partial charge in [0.2, 0.25) is 0 Å². The van der Waals surface area contributed by atoms with Crippen LogP contribution in [0.4, 0.5) is 5.82 Å². The Morgan fingerprint density at radius 3 is 3.00 bits per heavy atom. The summed E-state index contributed by atoms with van der Waals surface area (Å²) in [6, 6.07) is 3.65. The highest BCUT2D eigenvalue weighted by Gasteiger charge is 2.31. The molecule has 1 aliphatic heterocycles. The molecule has 1 aromatic rings. The van der Waals surface area contributed by atoms with Crippen molar-refractivity contribution in [2.24, 2.45) is 0 Å². The summed E-state index contributed by atoms with van der Waals surface area (Å²) in [5, 5.41) is 18.8. The van der Waals surface area contributed by atoms with Crippen molar-refractivity contribution in [1.29, 1.82) is 0 Å². The number of hydrogen-bond donors (Lipinski definition) is 2. The second-order valence-electron chi connectivity index (χ2n) is 4.35. The van der Waals surface area contributed by atoms with E-state index in [0.717, 1.165) is 24.3 Å². The van der Waals surface area contributed by atoms with Gasteiger partial charge in [0.05, 0.1) is 12.2 Å². The van der Waals surface area contributed by atoms with Crippen LogP contribution in [-0.2, 0) is 6.61 Å². The van der Waals surface area contributed by atoms with Crippen LogP contribution in [0, 0.1) is 0 Å². The molecule has 1 fully saturated rings. The summed E-state index contributed by atoms with van der Waals surface area (Å²) in [5.41, 5.74) is 0.239. The summed E-state index contributed by atoms with van der Waals surface area (Å²) in [6.45, 7) is 3.28. The molecule has 2 N–H and O–H groups in total. The van der Waals surface area contributed by atoms with Gasteiger partial charge in [-0.1, -0.05) is 0 Å². The molecule has 1 aromatic heterocycles. The van der Waals surface area contributed by atoms with Crippen LogP contribution in [-0.4, -0.2) is 33.9 Å². The molecule has 0 saturated carbocycles. The minimum Gasteiger partial charge on any atom is -0.392 e. The second-order valence-corrected chi connectivity index (χ2v) is 4.35. The molecular formula is C11H16N2O2. The lowest BCUT2D eigenvalue weighted by atomic mass is 10.1. The molecule has 4 nitrogen and oxygen atoms in total. The van der Waals surface area contributed by atoms with Crippen LogP contribution in [0.1, 0.15) is 18.9 Å². The first-order valence-electron chi connectivity index (χ1n) is 5.14. The molecule has 2 rings (SSSR count). The molecule has 0 spiro atoms. The first-order chi connectivity index (χ1) is 7.11. The van der Waals surface area contributed by atoms with Crippen molar-refractivity contribution < 1.29 is 10.2 Å². The average molecular weight is 208 g/mol. The van der Waals surface area contributed by atoms with Crippen molar-refractivity contribution in [3.05, 3.63) is 23.9 Å². The van der Waals surface area contributed by atoms with E-state index in [-0.39, 0.29) is 6.61 Å². The lowest BCUT2D eigenvalue weighted by molar-refractivity contribution is 0.0839. The Bertz CT molecular complexity index is 352. The Morgan fingerprint density at radius 2 is 2.40 bits per heavy atom. The first kappa shape index (κ1) is 10.4. The summed E-state index contributed by atoms with van der Waals surface area (Å²) in [5.74, 6) is 0.833. The van der Waals surface area contributed by atoms with Gasteiger partial charge < -0.3 is 15.1 Å². The van der Waals surface area contributed by atoms with Crippen molar-refractivity contribution in [3.8, 4) is 0 Å². The Kier molecular flexibility index (Phi) is 2.63. The van der Waals surface area contributed by atoms with E-state index < -0.39 is 5.60 Å². The van der Waals surface area contributed by atoms with Gasteiger partial charge in [-0.2, -0.15) is 0 Å². The smallest absolute Gasteiger partial charge is 0.128 e. The van der Waals surface area contributed by atoms with Crippen molar-refractivity contribution in [3.63, 3.8) is 0 Å². The van der Waals surface area contributed by atoms with Gasteiger partial charge >= 0.3 is 0 Å². The van der Waals surface area contributed by atoms with Crippen LogP contribution >= 0.6 is 0 Å². The summed E-state index contributed by atoms with van der Waals surface area (Å²) >= 11 is 0. The number of β-amino-alcohol motifs (C(OH)–C–C–N with tert-alkyl or cyclic N) is 1. The minimum absolute atomic E-state index is 0.0275. The summed E-state index contributed by atoms with van der Waals surface area (Å²) < 4.78 is 0. The zero-order valence-corrected chi connectivity index (χ0v) is 8.85. The van der Waals surface area contributed by atoms with Crippen molar-refractivity contribution in [2.75, 3.05) is 18.0 Å². The molecule has 0 aliphatic carbocycles. The number of hydrogen-bond acceptors (Lipinski definition) is 4. The van der Waals surface area contributed by atoms with Gasteiger partial charge in [0.15, 0.2) is 0 Å². The van der Waals surface area contributed by atoms with Gasteiger partial charge in [-0.3, -0.25) is 0 Å². The van der Waals surface area contributed by atoms with Crippen molar-refractivity contribution >= 4 is 5.82 Å². The Morgan fingerprint density at radius 1 is 1.60 bits per heavy atom. The van der Waals surface area contributed by atoms with Gasteiger partial charge in [-0.05, 0) is 31.0 Å². The largest absolute Gasteiger partial charge is 0.392 e. The fourth-order valence-corrected chi connectivity index (χ4v) is 1.87. The van der Waals surface area contributed by atoms with Gasteiger partial charge in [0.25, 0.3) is 0 Å². The maximum absolute atomic E-state index is 9.83. The highest BCUT2D eigenvalue weighted by molar-refractivity contribution is 5.42. The predicted molar refractivity (Wildman–Crippen MR) is 57.6 cm³/mol. The number of aromatic nitrogens is 1. The molecule has 0 amide bonds. The van der Waals surface area contributed by atoms with Gasteiger partial charge in [0.1, 0.15) is 5.82 Å². The standard InChI is InChI=1S/C11H16N2O2/c1-11(15)3-5-13(8-11)10-6-9(7-14)2-4-12-10/h2,4,6,14-15H,3,5,7-8H2,1H3. The first-order valence-corrected chi connectivity index (χ1v) is 5.14. The van der Waals surface area contributed by atoms with Crippen LogP contribution in [0.15, 0.2) is 18.3 Å². The quantitative estimate of drug-likeness (QED) is 0.744. The molecule has 1 atom stereocenters. The molecule has 0 aromatic carbocycles. The number of nitrogens with zero attached hydrogens (tertiary/aromatic N) is 2. The molecule has 82 valence electrons. The molecule has 15 heavy (non-hydrogen) atoms. The molecule has 1 unspecified atom stereocenters. The van der Waals surface area contributed by atoms with Crippen LogP contribution in [0.5, 0.6) is 0 Å². The molecule has 1 aliphatic rings. The minimum atomic E-state index is -0.614. The van der Waals surface area contributed by atoms with Crippen molar-refractivity contribution in [2.45, 2.75) is 25.6 Å². The average Bonchev–Trinajstić information content (AvgIpc) is 2.59. The zero-order chi connectivity index (χ0) is 10.9. The van der Waals surface area contributed by atoms with Gasteiger partial charge in [-0.25, -0.2) is 4.98 Å². The number of aliphatic hydroxyl groups is 2. The fourth-order valence-electron chi connectivity index (χ4n) is 1.87. The monoisotopic (exact) mass is 208 g/mol. The van der Waals surface area contributed by atoms with Gasteiger partial charge in [0, 0.05) is 19.3 Å². The van der Waals surface area contributed by atoms with E-state index in [0.29, 0.717) is 6.54 Å². The molecular weight excluding hydrogens is 192 g/mol. The van der Waals surface area contributed by atoms with E-state index in [2.05, 4.69) is 4.98 Å². The van der Waals surface area contributed by atoms with Crippen LogP contribution in [0.25, 0.3) is 0 Å². The second kappa shape index (κ2) is 3.79. The molecule has 0 radical (unpaired) electrons. The van der Waals surface area contributed by atoms with Crippen LogP contribution < -0.4 is 4.90 Å². The lowest BCUT2D eigenvalue weighted by Crippen LogP contribution is -2.30. The van der Waals surface area contributed by atoms with E-state index in [9.17, 15) is 5.11 Å². The van der Waals surface area contributed by atoms with E-state index in [1.165, 1.54) is 0 Å². The van der Waals surface area contributed by atoms with E-state index >= 15 is 0 Å². The molecule has 1 saturated heterocycles. The third-order valence-corrected chi connectivity index (χ3v) is 2.77. The maximum atomic E-state index is 9.83. The van der Waals surface area contributed by atoms with E-state index in [1.807, 2.05) is 17.9 Å². The SMILES string of the molecule is CC1(O)CCN(c2cc(CO)ccn2)C1. The third-order valence-electron chi connectivity index (χ3n) is 2.77. The number of pyridine rings is 1. The van der Waals surface area contributed by atoms with Crippen LogP contribution in [0.3, 0.4) is 0 Å². The zero-order valence-electron chi connectivity index (χ0n) is 8.85. The Balaban J connectivity index is 2.16. The normalized spacial score (nSPS) is 25.9. The van der Waals surface area contributed by atoms with E-state index in [4.69, 9.17) is 5.11 Å². The summed E-state index contributed by atoms with van der Waals surface area (Å²) in [7, 11) is 0. The highest BCUT2D eigenvalue weighted by atomic mass is 16.3. The number of aliphatic hydroxyl groups excluding tert-OH is 1. The van der Waals surface area contributed by atoms with Gasteiger partial charge in [-0.15, -0.1) is 0 Å².